The summed E-state index contributed by atoms with van der Waals surface area (Å²) < 4.78 is 11.4. The number of aromatic nitrogens is 1. The fourth-order valence-corrected chi connectivity index (χ4v) is 5.22. The molecule has 3 heterocycles. The van der Waals surface area contributed by atoms with Gasteiger partial charge in [-0.3, -0.25) is 19.3 Å². The van der Waals surface area contributed by atoms with Crippen LogP contribution in [-0.4, -0.2) is 47.9 Å². The van der Waals surface area contributed by atoms with E-state index in [1.165, 1.54) is 4.90 Å². The standard InChI is InChI=1S/C27H27N3O5S/c1-5-10-29-21-12-19(7-8-23(21)34-13-25(29)31)26(32)15(2)30-22-11-18(20-14-36-17(4)28-20)6-9-24(22)35-16(3)27(30)33/h6-9,11-12,14-16H,5,10,13H2,1-4H3. The Balaban J connectivity index is 1.51. The van der Waals surface area contributed by atoms with Crippen molar-refractivity contribution in [3.8, 4) is 22.8 Å². The van der Waals surface area contributed by atoms with Crippen LogP contribution in [0.3, 0.4) is 0 Å². The van der Waals surface area contributed by atoms with Gasteiger partial charge in [0.25, 0.3) is 11.8 Å². The summed E-state index contributed by atoms with van der Waals surface area (Å²) >= 11 is 1.55. The van der Waals surface area contributed by atoms with Gasteiger partial charge in [0.15, 0.2) is 18.5 Å². The minimum absolute atomic E-state index is 0.0194. The minimum Gasteiger partial charge on any atom is -0.482 e. The molecule has 186 valence electrons. The van der Waals surface area contributed by atoms with E-state index < -0.39 is 12.1 Å². The Morgan fingerprint density at radius 2 is 1.94 bits per heavy atom. The van der Waals surface area contributed by atoms with Crippen LogP contribution in [0.25, 0.3) is 11.3 Å². The van der Waals surface area contributed by atoms with Crippen LogP contribution in [-0.2, 0) is 9.59 Å². The lowest BCUT2D eigenvalue weighted by molar-refractivity contribution is -0.126. The summed E-state index contributed by atoms with van der Waals surface area (Å²) in [5.74, 6) is 0.431. The summed E-state index contributed by atoms with van der Waals surface area (Å²) in [6.45, 7) is 7.84. The lowest BCUT2D eigenvalue weighted by Gasteiger charge is -2.36. The third-order valence-corrected chi connectivity index (χ3v) is 7.20. The number of fused-ring (bicyclic) bond motifs is 2. The van der Waals surface area contributed by atoms with Gasteiger partial charge in [0.1, 0.15) is 11.5 Å². The number of carbonyl (C=O) groups is 3. The summed E-state index contributed by atoms with van der Waals surface area (Å²) in [5, 5.41) is 2.90. The molecule has 1 aromatic heterocycles. The van der Waals surface area contributed by atoms with Crippen molar-refractivity contribution in [2.24, 2.45) is 0 Å². The van der Waals surface area contributed by atoms with Crippen molar-refractivity contribution in [1.29, 1.82) is 0 Å². The second kappa shape index (κ2) is 9.39. The van der Waals surface area contributed by atoms with E-state index in [2.05, 4.69) is 4.98 Å². The quantitative estimate of drug-likeness (QED) is 0.454. The Bertz CT molecular complexity index is 1370. The molecule has 36 heavy (non-hydrogen) atoms. The van der Waals surface area contributed by atoms with E-state index in [-0.39, 0.29) is 24.2 Å². The first-order valence-electron chi connectivity index (χ1n) is 12.0. The van der Waals surface area contributed by atoms with Crippen molar-refractivity contribution in [2.45, 2.75) is 46.3 Å². The lowest BCUT2D eigenvalue weighted by Crippen LogP contribution is -2.51. The zero-order valence-electron chi connectivity index (χ0n) is 20.6. The highest BCUT2D eigenvalue weighted by atomic mass is 32.1. The summed E-state index contributed by atoms with van der Waals surface area (Å²) in [4.78, 5) is 47.1. The maximum Gasteiger partial charge on any atom is 0.268 e. The van der Waals surface area contributed by atoms with E-state index in [4.69, 9.17) is 9.47 Å². The number of benzene rings is 2. The molecule has 2 aliphatic rings. The fourth-order valence-electron chi connectivity index (χ4n) is 4.60. The van der Waals surface area contributed by atoms with Crippen LogP contribution in [0.1, 0.15) is 42.6 Å². The van der Waals surface area contributed by atoms with E-state index in [1.54, 1.807) is 48.3 Å². The maximum absolute atomic E-state index is 13.7. The maximum atomic E-state index is 13.7. The molecule has 0 bridgehead atoms. The van der Waals surface area contributed by atoms with Gasteiger partial charge in [-0.05, 0) is 63.6 Å². The summed E-state index contributed by atoms with van der Waals surface area (Å²) in [6.07, 6.45) is 0.0482. The van der Waals surface area contributed by atoms with Gasteiger partial charge in [-0.15, -0.1) is 11.3 Å². The molecule has 2 unspecified atom stereocenters. The number of thiazole rings is 1. The third-order valence-electron chi connectivity index (χ3n) is 6.42. The largest absolute Gasteiger partial charge is 0.482 e. The van der Waals surface area contributed by atoms with Crippen LogP contribution in [0.4, 0.5) is 11.4 Å². The summed E-state index contributed by atoms with van der Waals surface area (Å²) in [7, 11) is 0. The van der Waals surface area contributed by atoms with Crippen molar-refractivity contribution >= 4 is 40.3 Å². The van der Waals surface area contributed by atoms with E-state index >= 15 is 0 Å². The minimum atomic E-state index is -0.798. The molecule has 2 aromatic carbocycles. The zero-order chi connectivity index (χ0) is 25.6. The van der Waals surface area contributed by atoms with Gasteiger partial charge >= 0.3 is 0 Å². The first-order chi connectivity index (χ1) is 17.3. The van der Waals surface area contributed by atoms with Crippen molar-refractivity contribution in [1.82, 2.24) is 4.98 Å². The molecule has 2 atom stereocenters. The van der Waals surface area contributed by atoms with Gasteiger partial charge in [0.2, 0.25) is 0 Å². The number of ketones is 1. The molecule has 5 rings (SSSR count). The Hall–Kier alpha value is -3.72. The van der Waals surface area contributed by atoms with Crippen molar-refractivity contribution < 1.29 is 23.9 Å². The second-order valence-corrected chi connectivity index (χ2v) is 10.0. The Morgan fingerprint density at radius 3 is 2.67 bits per heavy atom. The van der Waals surface area contributed by atoms with E-state index in [9.17, 15) is 14.4 Å². The van der Waals surface area contributed by atoms with Gasteiger partial charge in [-0.1, -0.05) is 6.92 Å². The predicted molar refractivity (Wildman–Crippen MR) is 138 cm³/mol. The molecule has 0 spiro atoms. The Labute approximate surface area is 213 Å². The highest BCUT2D eigenvalue weighted by Crippen LogP contribution is 2.40. The highest BCUT2D eigenvalue weighted by Gasteiger charge is 2.38. The summed E-state index contributed by atoms with van der Waals surface area (Å²) in [5.41, 5.74) is 3.16. The molecule has 0 radical (unpaired) electrons. The monoisotopic (exact) mass is 505 g/mol. The molecular formula is C27H27N3O5S. The zero-order valence-corrected chi connectivity index (χ0v) is 21.4. The molecule has 2 amide bonds. The number of ether oxygens (including phenoxy) is 2. The second-order valence-electron chi connectivity index (χ2n) is 8.96. The molecule has 0 aliphatic carbocycles. The van der Waals surface area contributed by atoms with Crippen LogP contribution in [0.5, 0.6) is 11.5 Å². The average Bonchev–Trinajstić information content (AvgIpc) is 3.31. The Morgan fingerprint density at radius 1 is 1.17 bits per heavy atom. The molecular weight excluding hydrogens is 478 g/mol. The van der Waals surface area contributed by atoms with Gasteiger partial charge in [0, 0.05) is 23.1 Å². The van der Waals surface area contributed by atoms with Crippen molar-refractivity contribution in [3.05, 3.63) is 52.3 Å². The molecule has 0 N–H and O–H groups in total. The normalized spacial score (nSPS) is 17.7. The number of hydrogen-bond acceptors (Lipinski definition) is 7. The molecule has 2 aliphatic heterocycles. The van der Waals surface area contributed by atoms with Crippen molar-refractivity contribution in [3.63, 3.8) is 0 Å². The predicted octanol–water partition coefficient (Wildman–Crippen LogP) is 4.64. The molecule has 9 heteroatoms. The van der Waals surface area contributed by atoms with E-state index in [0.29, 0.717) is 35.0 Å². The van der Waals surface area contributed by atoms with Gasteiger partial charge < -0.3 is 14.4 Å². The number of anilines is 2. The number of amides is 2. The van der Waals surface area contributed by atoms with Crippen LogP contribution >= 0.6 is 11.3 Å². The number of carbonyl (C=O) groups excluding carboxylic acids is 3. The molecule has 0 saturated heterocycles. The molecule has 3 aromatic rings. The number of hydrogen-bond donors (Lipinski definition) is 0. The van der Waals surface area contributed by atoms with E-state index in [0.717, 1.165) is 22.7 Å². The van der Waals surface area contributed by atoms with Gasteiger partial charge in [-0.2, -0.15) is 0 Å². The number of Topliss-reactive ketones (excluding diaryl/α,β-unsaturated/α-hetero) is 1. The summed E-state index contributed by atoms with van der Waals surface area (Å²) in [6, 6.07) is 9.85. The number of nitrogens with zero attached hydrogens (tertiary/aromatic N) is 3. The third kappa shape index (κ3) is 4.13. The molecule has 0 fully saturated rings. The van der Waals surface area contributed by atoms with Crippen LogP contribution in [0.2, 0.25) is 0 Å². The highest BCUT2D eigenvalue weighted by molar-refractivity contribution is 7.09. The number of rotatable bonds is 6. The molecule has 8 nitrogen and oxygen atoms in total. The molecule has 0 saturated carbocycles. The first kappa shape index (κ1) is 24.0. The smallest absolute Gasteiger partial charge is 0.268 e. The topological polar surface area (TPSA) is 89.0 Å². The van der Waals surface area contributed by atoms with Crippen LogP contribution < -0.4 is 19.3 Å². The van der Waals surface area contributed by atoms with Gasteiger partial charge in [-0.25, -0.2) is 4.98 Å². The lowest BCUT2D eigenvalue weighted by atomic mass is 9.99. The van der Waals surface area contributed by atoms with E-state index in [1.807, 2.05) is 37.4 Å². The van der Waals surface area contributed by atoms with Gasteiger partial charge in [0.05, 0.1) is 28.1 Å². The Kier molecular flexibility index (Phi) is 6.26. The average molecular weight is 506 g/mol. The van der Waals surface area contributed by atoms with Crippen LogP contribution in [0, 0.1) is 6.92 Å². The van der Waals surface area contributed by atoms with Crippen molar-refractivity contribution in [2.75, 3.05) is 23.0 Å². The number of aryl methyl sites for hydroxylation is 1. The first-order valence-corrected chi connectivity index (χ1v) is 12.8. The van der Waals surface area contributed by atoms with Crippen LogP contribution in [0.15, 0.2) is 41.8 Å². The fraction of sp³-hybridized carbons (Fsp3) is 0.333. The SMILES string of the molecule is CCCN1C(=O)COc2ccc(C(=O)C(C)N3C(=O)C(C)Oc4ccc(-c5csc(C)n5)cc43)cc21.